The second kappa shape index (κ2) is 7.04. The van der Waals surface area contributed by atoms with E-state index < -0.39 is 0 Å². The number of carbonyl (C=O) groups is 4. The Bertz CT molecular complexity index is 1110. The fraction of sp³-hybridized carbons (Fsp3) is 0.462. The highest BCUT2D eigenvalue weighted by molar-refractivity contribution is 6.25. The van der Waals surface area contributed by atoms with Gasteiger partial charge in [0.15, 0.2) is 0 Å². The number of hydrogen-bond acceptors (Lipinski definition) is 4. The van der Waals surface area contributed by atoms with Crippen LogP contribution in [0, 0.1) is 0 Å². The molecule has 4 aliphatic heterocycles. The standard InChI is InChI=1S/C26H28N4O4/c1-13-9-27(13)23(31)17-5-6-19(25(33)29-11-15(29)3)22-20(26(34)30-12-16(30)4)8-7-18(21(17)22)24(32)28-10-14(28)2/h5-8,13-16H,9-12H2,1-4H3. The van der Waals surface area contributed by atoms with E-state index in [2.05, 4.69) is 0 Å². The number of amides is 4. The van der Waals surface area contributed by atoms with Crippen molar-refractivity contribution < 1.29 is 19.2 Å². The molecule has 6 rings (SSSR count). The molecule has 2 aromatic carbocycles. The Morgan fingerprint density at radius 1 is 0.500 bits per heavy atom. The van der Waals surface area contributed by atoms with Crippen molar-refractivity contribution in [1.29, 1.82) is 0 Å². The van der Waals surface area contributed by atoms with Crippen molar-refractivity contribution in [2.75, 3.05) is 26.2 Å². The fourth-order valence-corrected chi connectivity index (χ4v) is 4.91. The topological polar surface area (TPSA) is 80.3 Å². The third-order valence-corrected chi connectivity index (χ3v) is 7.56. The molecule has 0 spiro atoms. The van der Waals surface area contributed by atoms with E-state index in [9.17, 15) is 19.2 Å². The van der Waals surface area contributed by atoms with Gasteiger partial charge in [0.1, 0.15) is 0 Å². The van der Waals surface area contributed by atoms with Crippen molar-refractivity contribution in [3.05, 3.63) is 46.5 Å². The van der Waals surface area contributed by atoms with Gasteiger partial charge in [0.25, 0.3) is 23.6 Å². The summed E-state index contributed by atoms with van der Waals surface area (Å²) in [4.78, 5) is 60.6. The first kappa shape index (κ1) is 21.1. The van der Waals surface area contributed by atoms with Gasteiger partial charge in [0, 0.05) is 83.4 Å². The summed E-state index contributed by atoms with van der Waals surface area (Å²) in [7, 11) is 0. The van der Waals surface area contributed by atoms with E-state index in [-0.39, 0.29) is 47.8 Å². The van der Waals surface area contributed by atoms with Gasteiger partial charge < -0.3 is 19.6 Å². The van der Waals surface area contributed by atoms with Gasteiger partial charge in [-0.2, -0.15) is 0 Å². The Morgan fingerprint density at radius 2 is 0.676 bits per heavy atom. The Morgan fingerprint density at radius 3 is 0.824 bits per heavy atom. The molecule has 4 unspecified atom stereocenters. The minimum atomic E-state index is -0.172. The van der Waals surface area contributed by atoms with E-state index in [1.165, 1.54) is 0 Å². The molecule has 4 amide bonds. The highest BCUT2D eigenvalue weighted by Crippen LogP contribution is 2.37. The van der Waals surface area contributed by atoms with E-state index in [0.29, 0.717) is 59.2 Å². The molecule has 176 valence electrons. The molecule has 0 radical (unpaired) electrons. The van der Waals surface area contributed by atoms with Crippen LogP contribution in [0.25, 0.3) is 10.8 Å². The van der Waals surface area contributed by atoms with Crippen molar-refractivity contribution in [1.82, 2.24) is 19.6 Å². The molecular formula is C26H28N4O4. The zero-order chi connectivity index (χ0) is 24.0. The Kier molecular flexibility index (Phi) is 4.38. The predicted molar refractivity (Wildman–Crippen MR) is 126 cm³/mol. The normalized spacial score (nSPS) is 26.6. The van der Waals surface area contributed by atoms with Crippen LogP contribution in [0.4, 0.5) is 0 Å². The lowest BCUT2D eigenvalue weighted by Crippen LogP contribution is -2.22. The molecule has 0 aromatic heterocycles. The van der Waals surface area contributed by atoms with E-state index in [0.717, 1.165) is 0 Å². The second-order valence-electron chi connectivity index (χ2n) is 10.3. The Hall–Kier alpha value is -3.42. The van der Waals surface area contributed by atoms with Gasteiger partial charge in [-0.1, -0.05) is 0 Å². The van der Waals surface area contributed by atoms with Crippen LogP contribution in [-0.2, 0) is 0 Å². The second-order valence-corrected chi connectivity index (χ2v) is 10.3. The van der Waals surface area contributed by atoms with E-state index in [4.69, 9.17) is 0 Å². The fourth-order valence-electron chi connectivity index (χ4n) is 4.91. The highest BCUT2D eigenvalue weighted by atomic mass is 16.2. The quantitative estimate of drug-likeness (QED) is 0.656. The summed E-state index contributed by atoms with van der Waals surface area (Å²) in [5.41, 5.74) is 1.50. The molecule has 4 fully saturated rings. The zero-order valence-corrected chi connectivity index (χ0v) is 19.9. The van der Waals surface area contributed by atoms with Crippen LogP contribution in [0.15, 0.2) is 24.3 Å². The van der Waals surface area contributed by atoms with E-state index in [1.807, 2.05) is 27.7 Å². The van der Waals surface area contributed by atoms with Crippen LogP contribution in [0.1, 0.15) is 69.1 Å². The first-order valence-electron chi connectivity index (χ1n) is 12.0. The van der Waals surface area contributed by atoms with Crippen LogP contribution >= 0.6 is 0 Å². The summed E-state index contributed by atoms with van der Waals surface area (Å²) in [5, 5.41) is 0.850. The van der Waals surface area contributed by atoms with Gasteiger partial charge in [0.05, 0.1) is 0 Å². The molecule has 0 bridgehead atoms. The van der Waals surface area contributed by atoms with Crippen LogP contribution < -0.4 is 0 Å². The number of hydrogen-bond donors (Lipinski definition) is 0. The van der Waals surface area contributed by atoms with Crippen LogP contribution in [0.2, 0.25) is 0 Å². The van der Waals surface area contributed by atoms with Gasteiger partial charge in [0.2, 0.25) is 0 Å². The van der Waals surface area contributed by atoms with Crippen LogP contribution in [0.3, 0.4) is 0 Å². The van der Waals surface area contributed by atoms with Crippen molar-refractivity contribution in [3.8, 4) is 0 Å². The van der Waals surface area contributed by atoms with Gasteiger partial charge in [-0.25, -0.2) is 0 Å². The average Bonchev–Trinajstić information content (AvgIpc) is 3.62. The highest BCUT2D eigenvalue weighted by Gasteiger charge is 2.42. The van der Waals surface area contributed by atoms with Crippen molar-refractivity contribution >= 4 is 34.4 Å². The zero-order valence-electron chi connectivity index (χ0n) is 19.9. The molecule has 8 nitrogen and oxygen atoms in total. The van der Waals surface area contributed by atoms with Crippen LogP contribution in [-0.4, -0.2) is 93.6 Å². The minimum absolute atomic E-state index is 0.136. The van der Waals surface area contributed by atoms with Crippen molar-refractivity contribution in [2.24, 2.45) is 0 Å². The maximum atomic E-state index is 13.4. The lowest BCUT2D eigenvalue weighted by atomic mass is 9.90. The summed E-state index contributed by atoms with van der Waals surface area (Å²) in [6, 6.07) is 7.19. The number of fused-ring (bicyclic) bond motifs is 1. The van der Waals surface area contributed by atoms with Gasteiger partial charge in [-0.3, -0.25) is 19.2 Å². The Balaban J connectivity index is 1.61. The molecule has 0 saturated carbocycles. The number of rotatable bonds is 4. The molecule has 34 heavy (non-hydrogen) atoms. The molecule has 0 aliphatic carbocycles. The summed E-state index contributed by atoms with van der Waals surface area (Å²) in [6.45, 7) is 10.5. The van der Waals surface area contributed by atoms with E-state index in [1.54, 1.807) is 43.9 Å². The van der Waals surface area contributed by atoms with Gasteiger partial charge in [-0.15, -0.1) is 0 Å². The smallest absolute Gasteiger partial charge is 0.254 e. The largest absolute Gasteiger partial charge is 0.332 e. The first-order valence-corrected chi connectivity index (χ1v) is 12.0. The lowest BCUT2D eigenvalue weighted by Gasteiger charge is -2.18. The van der Waals surface area contributed by atoms with Crippen molar-refractivity contribution in [2.45, 2.75) is 51.9 Å². The summed E-state index contributed by atoms with van der Waals surface area (Å²) in [5.74, 6) is -0.688. The number of carbonyl (C=O) groups excluding carboxylic acids is 4. The molecular weight excluding hydrogens is 432 g/mol. The SMILES string of the molecule is CC1CN1C(=O)c1ccc(C(=O)N2CC2C)c2c(C(=O)N3CC3C)ccc(C(=O)N3CC3C)c12. The van der Waals surface area contributed by atoms with E-state index >= 15 is 0 Å². The summed E-state index contributed by atoms with van der Waals surface area (Å²) >= 11 is 0. The molecule has 8 heteroatoms. The Labute approximate surface area is 198 Å². The summed E-state index contributed by atoms with van der Waals surface area (Å²) < 4.78 is 0. The maximum Gasteiger partial charge on any atom is 0.254 e. The maximum absolute atomic E-state index is 13.4. The first-order chi connectivity index (χ1) is 16.2. The molecule has 4 aliphatic rings. The van der Waals surface area contributed by atoms with Gasteiger partial charge in [-0.05, 0) is 52.0 Å². The molecule has 2 aromatic rings. The lowest BCUT2D eigenvalue weighted by molar-refractivity contribution is 0.0859. The molecule has 0 N–H and O–H groups in total. The van der Waals surface area contributed by atoms with Crippen molar-refractivity contribution in [3.63, 3.8) is 0 Å². The van der Waals surface area contributed by atoms with Crippen LogP contribution in [0.5, 0.6) is 0 Å². The average molecular weight is 461 g/mol. The monoisotopic (exact) mass is 460 g/mol. The molecule has 4 atom stereocenters. The number of nitrogens with zero attached hydrogens (tertiary/aromatic N) is 4. The predicted octanol–water partition coefficient (Wildman–Crippen LogP) is 2.22. The number of benzene rings is 2. The molecule has 4 saturated heterocycles. The molecule has 4 heterocycles. The van der Waals surface area contributed by atoms with Gasteiger partial charge >= 0.3 is 0 Å². The third-order valence-electron chi connectivity index (χ3n) is 7.56. The third kappa shape index (κ3) is 3.19. The minimum Gasteiger partial charge on any atom is -0.332 e. The summed E-state index contributed by atoms with van der Waals surface area (Å²) in [6.07, 6.45) is 0.